The van der Waals surface area contributed by atoms with Crippen LogP contribution in [0.5, 0.6) is 0 Å². The van der Waals surface area contributed by atoms with Gasteiger partial charge in [-0.05, 0) is 43.7 Å². The molecule has 21 heavy (non-hydrogen) atoms. The van der Waals surface area contributed by atoms with Gasteiger partial charge >= 0.3 is 0 Å². The summed E-state index contributed by atoms with van der Waals surface area (Å²) in [7, 11) is 1.68. The van der Waals surface area contributed by atoms with Crippen molar-refractivity contribution >= 4 is 24.0 Å². The summed E-state index contributed by atoms with van der Waals surface area (Å²) in [5.74, 6) is 0.404. The van der Waals surface area contributed by atoms with Gasteiger partial charge in [-0.25, -0.2) is 0 Å². The Balaban J connectivity index is 0.00000161. The predicted molar refractivity (Wildman–Crippen MR) is 84.8 cm³/mol. The molecule has 2 N–H and O–H groups in total. The maximum atomic E-state index is 12.1. The van der Waals surface area contributed by atoms with E-state index in [0.29, 0.717) is 30.1 Å². The summed E-state index contributed by atoms with van der Waals surface area (Å²) < 4.78 is 1.47. The minimum absolute atomic E-state index is 0. The van der Waals surface area contributed by atoms with Crippen molar-refractivity contribution in [3.8, 4) is 0 Å². The number of rotatable bonds is 3. The van der Waals surface area contributed by atoms with Gasteiger partial charge in [0.25, 0.3) is 5.56 Å². The van der Waals surface area contributed by atoms with E-state index in [1.165, 1.54) is 17.4 Å². The first kappa shape index (κ1) is 16.0. The minimum Gasteiger partial charge on any atom is -0.321 e. The summed E-state index contributed by atoms with van der Waals surface area (Å²) in [6, 6.07) is 4.61. The molecule has 0 aromatic carbocycles. The molecule has 116 valence electrons. The second-order valence-corrected chi connectivity index (χ2v) is 6.07. The van der Waals surface area contributed by atoms with Crippen LogP contribution < -0.4 is 16.2 Å². The van der Waals surface area contributed by atoms with Gasteiger partial charge in [0.2, 0.25) is 5.91 Å². The van der Waals surface area contributed by atoms with E-state index in [9.17, 15) is 9.59 Å². The van der Waals surface area contributed by atoms with Crippen molar-refractivity contribution in [2.24, 2.45) is 13.0 Å². The van der Waals surface area contributed by atoms with Gasteiger partial charge in [0, 0.05) is 31.7 Å². The molecule has 1 aromatic heterocycles. The molecular weight excluding hydrogens is 290 g/mol. The lowest BCUT2D eigenvalue weighted by Crippen LogP contribution is -2.39. The third-order valence-corrected chi connectivity index (χ3v) is 4.44. The number of aryl methyl sites for hydroxylation is 1. The molecule has 3 heterocycles. The zero-order chi connectivity index (χ0) is 14.1. The Morgan fingerprint density at radius 3 is 2.71 bits per heavy atom. The van der Waals surface area contributed by atoms with Crippen molar-refractivity contribution in [3.63, 3.8) is 0 Å². The van der Waals surface area contributed by atoms with E-state index in [1.54, 1.807) is 25.4 Å². The van der Waals surface area contributed by atoms with Crippen molar-refractivity contribution in [2.45, 2.75) is 44.2 Å². The lowest BCUT2D eigenvalue weighted by molar-refractivity contribution is -0.117. The van der Waals surface area contributed by atoms with E-state index in [2.05, 4.69) is 10.6 Å². The highest BCUT2D eigenvalue weighted by molar-refractivity contribution is 5.90. The minimum atomic E-state index is -0.161. The number of piperidine rings is 1. The first-order valence-electron chi connectivity index (χ1n) is 7.33. The van der Waals surface area contributed by atoms with Gasteiger partial charge in [0.05, 0.1) is 0 Å². The molecule has 2 saturated heterocycles. The van der Waals surface area contributed by atoms with Crippen molar-refractivity contribution in [3.05, 3.63) is 28.7 Å². The summed E-state index contributed by atoms with van der Waals surface area (Å²) in [5.41, 5.74) is 0.211. The van der Waals surface area contributed by atoms with Crippen molar-refractivity contribution in [2.75, 3.05) is 5.32 Å². The highest BCUT2D eigenvalue weighted by Crippen LogP contribution is 2.32. The quantitative estimate of drug-likeness (QED) is 0.892. The van der Waals surface area contributed by atoms with Crippen LogP contribution in [0.1, 0.15) is 32.1 Å². The van der Waals surface area contributed by atoms with Crippen LogP contribution in [0.25, 0.3) is 0 Å². The zero-order valence-electron chi connectivity index (χ0n) is 12.2. The number of nitrogens with one attached hydrogen (secondary N) is 2. The van der Waals surface area contributed by atoms with Crippen LogP contribution in [0.3, 0.4) is 0 Å². The molecule has 0 spiro atoms. The molecule has 0 aliphatic carbocycles. The maximum Gasteiger partial charge on any atom is 0.274 e. The largest absolute Gasteiger partial charge is 0.321 e. The molecule has 5 nitrogen and oxygen atoms in total. The van der Waals surface area contributed by atoms with Gasteiger partial charge in [-0.3, -0.25) is 9.59 Å². The standard InChI is InChI=1S/C15H21N3O2.ClH/c1-18-6-2-3-13(15(18)20)17-14(19)9-10-7-11-4-5-12(8-10)16-11;/h2-3,6,10-12,16H,4-5,7-9H2,1H3,(H,17,19);1H. The van der Waals surface area contributed by atoms with Gasteiger partial charge in [-0.2, -0.15) is 0 Å². The van der Waals surface area contributed by atoms with Gasteiger partial charge in [0.15, 0.2) is 0 Å². The lowest BCUT2D eigenvalue weighted by atomic mass is 9.89. The fraction of sp³-hybridized carbons (Fsp3) is 0.600. The number of fused-ring (bicyclic) bond motifs is 2. The number of carbonyl (C=O) groups excluding carboxylic acids is 1. The molecule has 2 unspecified atom stereocenters. The molecule has 0 radical (unpaired) electrons. The SMILES string of the molecule is Cl.Cn1cccc(NC(=O)CC2CC3CCC(C2)N3)c1=O. The molecule has 2 aliphatic heterocycles. The number of hydrogen-bond donors (Lipinski definition) is 2. The molecule has 2 atom stereocenters. The predicted octanol–water partition coefficient (Wildman–Crippen LogP) is 1.67. The fourth-order valence-electron chi connectivity index (χ4n) is 3.50. The number of carbonyl (C=O) groups is 1. The first-order valence-corrected chi connectivity index (χ1v) is 7.33. The maximum absolute atomic E-state index is 12.1. The topological polar surface area (TPSA) is 63.1 Å². The van der Waals surface area contributed by atoms with E-state index in [4.69, 9.17) is 0 Å². The van der Waals surface area contributed by atoms with Gasteiger partial charge in [-0.15, -0.1) is 12.4 Å². The normalized spacial score (nSPS) is 27.0. The third kappa shape index (κ3) is 3.66. The smallest absolute Gasteiger partial charge is 0.274 e. The number of hydrogen-bond acceptors (Lipinski definition) is 3. The Morgan fingerprint density at radius 2 is 2.05 bits per heavy atom. The molecule has 2 bridgehead atoms. The molecule has 2 fully saturated rings. The molecular formula is C15H22ClN3O2. The molecule has 3 rings (SSSR count). The van der Waals surface area contributed by atoms with Crippen molar-refractivity contribution in [1.82, 2.24) is 9.88 Å². The van der Waals surface area contributed by atoms with Crippen LogP contribution in [-0.4, -0.2) is 22.6 Å². The van der Waals surface area contributed by atoms with Crippen LogP contribution in [0.15, 0.2) is 23.1 Å². The summed E-state index contributed by atoms with van der Waals surface area (Å²) in [5, 5.41) is 6.33. The number of halogens is 1. The Hall–Kier alpha value is -1.33. The van der Waals surface area contributed by atoms with Gasteiger partial charge < -0.3 is 15.2 Å². The van der Waals surface area contributed by atoms with E-state index >= 15 is 0 Å². The Morgan fingerprint density at radius 1 is 1.38 bits per heavy atom. The van der Waals surface area contributed by atoms with Crippen LogP contribution in [0, 0.1) is 5.92 Å². The summed E-state index contributed by atoms with van der Waals surface area (Å²) in [6.45, 7) is 0. The van der Waals surface area contributed by atoms with Crippen LogP contribution in [0.2, 0.25) is 0 Å². The highest BCUT2D eigenvalue weighted by atomic mass is 35.5. The van der Waals surface area contributed by atoms with E-state index < -0.39 is 0 Å². The van der Waals surface area contributed by atoms with Crippen LogP contribution >= 0.6 is 12.4 Å². The lowest BCUT2D eigenvalue weighted by Gasteiger charge is -2.28. The number of amides is 1. The Kier molecular flexibility index (Phi) is 5.06. The second kappa shape index (κ2) is 6.62. The van der Waals surface area contributed by atoms with Gasteiger partial charge in [0.1, 0.15) is 5.69 Å². The third-order valence-electron chi connectivity index (χ3n) is 4.44. The van der Waals surface area contributed by atoms with Crippen molar-refractivity contribution < 1.29 is 4.79 Å². The van der Waals surface area contributed by atoms with Crippen molar-refractivity contribution in [1.29, 1.82) is 0 Å². The highest BCUT2D eigenvalue weighted by Gasteiger charge is 2.34. The molecule has 1 amide bonds. The van der Waals surface area contributed by atoms with Crippen LogP contribution in [-0.2, 0) is 11.8 Å². The first-order chi connectivity index (χ1) is 9.61. The Labute approximate surface area is 130 Å². The fourth-order valence-corrected chi connectivity index (χ4v) is 3.50. The number of pyridine rings is 1. The van der Waals surface area contributed by atoms with Crippen LogP contribution in [0.4, 0.5) is 5.69 Å². The second-order valence-electron chi connectivity index (χ2n) is 6.07. The van der Waals surface area contributed by atoms with Gasteiger partial charge in [-0.1, -0.05) is 0 Å². The average Bonchev–Trinajstić information content (AvgIpc) is 2.74. The summed E-state index contributed by atoms with van der Waals surface area (Å²) in [4.78, 5) is 23.9. The summed E-state index contributed by atoms with van der Waals surface area (Å²) >= 11 is 0. The zero-order valence-corrected chi connectivity index (χ0v) is 13.0. The van der Waals surface area contributed by atoms with E-state index in [-0.39, 0.29) is 23.9 Å². The van der Waals surface area contributed by atoms with E-state index in [1.807, 2.05) is 0 Å². The Bertz CT molecular complexity index is 560. The number of aromatic nitrogens is 1. The number of anilines is 1. The summed E-state index contributed by atoms with van der Waals surface area (Å²) in [6.07, 6.45) is 6.84. The molecule has 1 aromatic rings. The average molecular weight is 312 g/mol. The number of nitrogens with zero attached hydrogens (tertiary/aromatic N) is 1. The van der Waals surface area contributed by atoms with E-state index in [0.717, 1.165) is 12.8 Å². The monoisotopic (exact) mass is 311 g/mol. The molecule has 2 aliphatic rings. The molecule has 6 heteroatoms. The molecule has 0 saturated carbocycles.